The summed E-state index contributed by atoms with van der Waals surface area (Å²) in [6, 6.07) is 7.94. The van der Waals surface area contributed by atoms with Crippen molar-refractivity contribution in [2.75, 3.05) is 13.2 Å². The first-order valence-corrected chi connectivity index (χ1v) is 9.32. The van der Waals surface area contributed by atoms with Crippen molar-refractivity contribution in [2.24, 2.45) is 5.92 Å². The van der Waals surface area contributed by atoms with Gasteiger partial charge in [0.2, 0.25) is 0 Å². The summed E-state index contributed by atoms with van der Waals surface area (Å²) in [5.41, 5.74) is 2.16. The minimum absolute atomic E-state index is 0.144. The number of thiazole rings is 1. The van der Waals surface area contributed by atoms with E-state index in [9.17, 15) is 4.79 Å². The van der Waals surface area contributed by atoms with Crippen molar-refractivity contribution < 1.29 is 9.53 Å². The Balaban J connectivity index is 1.20. The van der Waals surface area contributed by atoms with Gasteiger partial charge in [0.05, 0.1) is 23.9 Å². The van der Waals surface area contributed by atoms with Crippen LogP contribution in [0.15, 0.2) is 29.6 Å². The Bertz CT molecular complexity index is 727. The lowest BCUT2D eigenvalue weighted by Crippen LogP contribution is -2.40. The van der Waals surface area contributed by atoms with E-state index in [0.717, 1.165) is 17.9 Å². The maximum absolute atomic E-state index is 12.0. The Kier molecular flexibility index (Phi) is 4.38. The topological polar surface area (TPSA) is 63.2 Å². The van der Waals surface area contributed by atoms with Gasteiger partial charge in [0, 0.05) is 23.8 Å². The number of ether oxygens (including phenoxy) is 1. The number of carbonyl (C=O) groups excluding carboxylic acids is 1. The van der Waals surface area contributed by atoms with E-state index in [4.69, 9.17) is 4.74 Å². The van der Waals surface area contributed by atoms with Crippen LogP contribution in [0.1, 0.15) is 35.0 Å². The van der Waals surface area contributed by atoms with Gasteiger partial charge in [0.25, 0.3) is 0 Å². The molecular weight excluding hydrogens is 322 g/mol. The number of nitrogens with one attached hydrogen (secondary N) is 2. The van der Waals surface area contributed by atoms with E-state index in [1.165, 1.54) is 23.4 Å². The van der Waals surface area contributed by atoms with Crippen LogP contribution < -0.4 is 15.4 Å². The third kappa shape index (κ3) is 3.70. The minimum atomic E-state index is -0.144. The Morgan fingerprint density at radius 2 is 2.17 bits per heavy atom. The molecule has 2 heterocycles. The summed E-state index contributed by atoms with van der Waals surface area (Å²) in [6.45, 7) is 1.75. The van der Waals surface area contributed by atoms with Gasteiger partial charge in [-0.05, 0) is 30.9 Å². The van der Waals surface area contributed by atoms with Gasteiger partial charge in [0.15, 0.2) is 0 Å². The normalized spacial score (nSPS) is 19.2. The molecule has 0 saturated heterocycles. The molecule has 1 aliphatic carbocycles. The number of rotatable bonds is 5. The maximum Gasteiger partial charge on any atom is 0.315 e. The number of benzene rings is 1. The highest BCUT2D eigenvalue weighted by Crippen LogP contribution is 2.41. The van der Waals surface area contributed by atoms with Crippen molar-refractivity contribution in [1.82, 2.24) is 15.6 Å². The van der Waals surface area contributed by atoms with Crippen LogP contribution in [-0.4, -0.2) is 24.2 Å². The molecule has 1 aromatic carbocycles. The number of hydrogen-bond donors (Lipinski definition) is 2. The summed E-state index contributed by atoms with van der Waals surface area (Å²) in [6.07, 6.45) is 3.45. The lowest BCUT2D eigenvalue weighted by molar-refractivity contribution is 0.211. The number of aromatic nitrogens is 1. The second kappa shape index (κ2) is 6.81. The second-order valence-corrected chi connectivity index (χ2v) is 7.39. The lowest BCUT2D eigenvalue weighted by Gasteiger charge is -2.25. The highest BCUT2D eigenvalue weighted by atomic mass is 32.1. The summed E-state index contributed by atoms with van der Waals surface area (Å²) in [7, 11) is 0. The average Bonchev–Trinajstić information content (AvgIpc) is 3.36. The van der Waals surface area contributed by atoms with Gasteiger partial charge >= 0.3 is 6.03 Å². The average molecular weight is 343 g/mol. The first-order valence-electron chi connectivity index (χ1n) is 8.44. The van der Waals surface area contributed by atoms with E-state index >= 15 is 0 Å². The maximum atomic E-state index is 12.0. The largest absolute Gasteiger partial charge is 0.493 e. The predicted molar refractivity (Wildman–Crippen MR) is 93.5 cm³/mol. The van der Waals surface area contributed by atoms with Gasteiger partial charge in [-0.2, -0.15) is 0 Å². The molecule has 2 amide bonds. The van der Waals surface area contributed by atoms with E-state index in [1.54, 1.807) is 11.3 Å². The molecule has 6 heteroatoms. The number of amides is 2. The van der Waals surface area contributed by atoms with Crippen molar-refractivity contribution in [1.29, 1.82) is 0 Å². The zero-order chi connectivity index (χ0) is 16.4. The molecule has 0 unspecified atom stereocenters. The number of fused-ring (bicyclic) bond motifs is 1. The van der Waals surface area contributed by atoms with Crippen LogP contribution in [0, 0.1) is 5.92 Å². The third-order valence-corrected chi connectivity index (χ3v) is 5.49. The molecule has 1 atom stereocenters. The zero-order valence-corrected chi connectivity index (χ0v) is 14.3. The van der Waals surface area contributed by atoms with Gasteiger partial charge < -0.3 is 15.4 Å². The molecule has 4 rings (SSSR count). The van der Waals surface area contributed by atoms with Crippen molar-refractivity contribution in [3.8, 4) is 5.75 Å². The smallest absolute Gasteiger partial charge is 0.315 e. The lowest BCUT2D eigenvalue weighted by atomic mass is 9.97. The van der Waals surface area contributed by atoms with E-state index in [2.05, 4.69) is 21.7 Å². The minimum Gasteiger partial charge on any atom is -0.493 e. The second-order valence-electron chi connectivity index (χ2n) is 6.50. The molecule has 2 aromatic rings. The zero-order valence-electron chi connectivity index (χ0n) is 13.5. The van der Waals surface area contributed by atoms with Gasteiger partial charge in [-0.3, -0.25) is 0 Å². The van der Waals surface area contributed by atoms with Crippen LogP contribution in [-0.2, 0) is 13.0 Å². The van der Waals surface area contributed by atoms with Crippen LogP contribution in [0.25, 0.3) is 0 Å². The number of hydrogen-bond acceptors (Lipinski definition) is 4. The molecule has 5 nitrogen and oxygen atoms in total. The molecule has 0 radical (unpaired) electrons. The number of para-hydroxylation sites is 1. The molecule has 2 N–H and O–H groups in total. The van der Waals surface area contributed by atoms with Crippen LogP contribution in [0.2, 0.25) is 0 Å². The molecule has 24 heavy (non-hydrogen) atoms. The fourth-order valence-electron chi connectivity index (χ4n) is 2.91. The van der Waals surface area contributed by atoms with Gasteiger partial charge in [-0.15, -0.1) is 11.3 Å². The Labute approximate surface area is 145 Å². The molecule has 1 saturated carbocycles. The molecule has 0 spiro atoms. The fraction of sp³-hybridized carbons (Fsp3) is 0.444. The summed E-state index contributed by atoms with van der Waals surface area (Å²) >= 11 is 1.70. The molecule has 2 aliphatic rings. The Morgan fingerprint density at radius 1 is 1.29 bits per heavy atom. The van der Waals surface area contributed by atoms with E-state index < -0.39 is 0 Å². The molecule has 0 bridgehead atoms. The van der Waals surface area contributed by atoms with Gasteiger partial charge in [-0.1, -0.05) is 18.2 Å². The third-order valence-electron chi connectivity index (χ3n) is 4.43. The molecule has 1 aliphatic heterocycles. The summed E-state index contributed by atoms with van der Waals surface area (Å²) in [5, 5.41) is 9.08. The van der Waals surface area contributed by atoms with Crippen molar-refractivity contribution in [3.05, 3.63) is 45.9 Å². The van der Waals surface area contributed by atoms with Crippen LogP contribution >= 0.6 is 11.3 Å². The van der Waals surface area contributed by atoms with E-state index in [1.807, 2.05) is 23.6 Å². The molecule has 126 valence electrons. The van der Waals surface area contributed by atoms with Gasteiger partial charge in [-0.25, -0.2) is 9.78 Å². The van der Waals surface area contributed by atoms with E-state index in [-0.39, 0.29) is 6.03 Å². The quantitative estimate of drug-likeness (QED) is 0.877. The van der Waals surface area contributed by atoms with Crippen LogP contribution in [0.4, 0.5) is 4.79 Å². The van der Waals surface area contributed by atoms with Crippen molar-refractivity contribution >= 4 is 17.4 Å². The number of urea groups is 1. The summed E-state index contributed by atoms with van der Waals surface area (Å²) in [5.74, 6) is 1.95. The number of nitrogens with zero attached hydrogens (tertiary/aromatic N) is 1. The Morgan fingerprint density at radius 3 is 3.04 bits per heavy atom. The van der Waals surface area contributed by atoms with Gasteiger partial charge in [0.1, 0.15) is 5.75 Å². The highest BCUT2D eigenvalue weighted by molar-refractivity contribution is 7.09. The highest BCUT2D eigenvalue weighted by Gasteiger charge is 2.26. The monoisotopic (exact) mass is 343 g/mol. The number of carbonyl (C=O) groups is 1. The summed E-state index contributed by atoms with van der Waals surface area (Å²) < 4.78 is 5.75. The standard InChI is InChI=1S/C18H21N3O2S/c22-18(20-9-15-11-24-17(21-15)13-5-6-13)19-8-12-7-14-3-1-2-4-16(14)23-10-12/h1-4,11-13H,5-10H2,(H2,19,20,22)/t12-/m0/s1. The molecule has 1 fully saturated rings. The van der Waals surface area contributed by atoms with E-state index in [0.29, 0.717) is 31.5 Å². The van der Waals surface area contributed by atoms with Crippen molar-refractivity contribution in [3.63, 3.8) is 0 Å². The summed E-state index contributed by atoms with van der Waals surface area (Å²) in [4.78, 5) is 16.5. The molecule has 1 aromatic heterocycles. The first kappa shape index (κ1) is 15.4. The predicted octanol–water partition coefficient (Wildman–Crippen LogP) is 3.07. The molecular formula is C18H21N3O2S. The SMILES string of the molecule is O=C(NCc1csc(C2CC2)n1)NC[C@H]1COc2ccccc2C1. The van der Waals surface area contributed by atoms with Crippen LogP contribution in [0.5, 0.6) is 5.75 Å². The first-order chi connectivity index (χ1) is 11.8. The Hall–Kier alpha value is -2.08. The fourth-order valence-corrected chi connectivity index (χ4v) is 3.90. The van der Waals surface area contributed by atoms with Crippen molar-refractivity contribution in [2.45, 2.75) is 31.7 Å². The van der Waals surface area contributed by atoms with Crippen LogP contribution in [0.3, 0.4) is 0 Å².